The van der Waals surface area contributed by atoms with Gasteiger partial charge in [-0.2, -0.15) is 0 Å². The molecule has 0 bridgehead atoms. The minimum atomic E-state index is -0.770. The van der Waals surface area contributed by atoms with Crippen molar-refractivity contribution in [1.29, 1.82) is 0 Å². The zero-order valence-electron chi connectivity index (χ0n) is 22.8. The lowest BCUT2D eigenvalue weighted by Crippen LogP contribution is -2.53. The zero-order valence-corrected chi connectivity index (χ0v) is 22.8. The largest absolute Gasteiger partial charge is 0.340 e. The Hall–Kier alpha value is -4.33. The van der Waals surface area contributed by atoms with Crippen LogP contribution in [0, 0.1) is 5.92 Å². The number of rotatable bonds is 8. The van der Waals surface area contributed by atoms with Crippen LogP contribution in [0.2, 0.25) is 0 Å². The number of pyridine rings is 1. The number of nitrogens with one attached hydrogen (secondary N) is 1. The number of amides is 3. The summed E-state index contributed by atoms with van der Waals surface area (Å²) in [5.41, 5.74) is 3.30. The first kappa shape index (κ1) is 27.2. The van der Waals surface area contributed by atoms with Crippen LogP contribution < -0.4 is 5.32 Å². The highest BCUT2D eigenvalue weighted by Gasteiger charge is 2.52. The van der Waals surface area contributed by atoms with Gasteiger partial charge in [0.15, 0.2) is 5.78 Å². The third-order valence-corrected chi connectivity index (χ3v) is 7.67. The van der Waals surface area contributed by atoms with Gasteiger partial charge in [-0.15, -0.1) is 0 Å². The fourth-order valence-corrected chi connectivity index (χ4v) is 5.75. The van der Waals surface area contributed by atoms with E-state index < -0.39 is 12.1 Å². The van der Waals surface area contributed by atoms with Gasteiger partial charge in [0.1, 0.15) is 12.1 Å². The van der Waals surface area contributed by atoms with Crippen molar-refractivity contribution >= 4 is 23.5 Å². The number of benzene rings is 2. The number of Topliss-reactive ketones (excluding diaryl/α,β-unsaturated/α-hetero) is 1. The zero-order chi connectivity index (χ0) is 28.2. The predicted octanol–water partition coefficient (Wildman–Crippen LogP) is 3.52. The molecule has 2 aliphatic rings. The Labute approximate surface area is 234 Å². The van der Waals surface area contributed by atoms with Crippen molar-refractivity contribution in [3.63, 3.8) is 0 Å². The molecular formula is C32H34N4O4. The molecule has 0 aliphatic carbocycles. The molecule has 3 aromatic rings. The molecule has 3 heterocycles. The highest BCUT2D eigenvalue weighted by molar-refractivity contribution is 6.01. The number of hydrogen-bond donors (Lipinski definition) is 1. The molecule has 1 aromatic heterocycles. The molecule has 2 aliphatic heterocycles. The molecule has 2 fully saturated rings. The summed E-state index contributed by atoms with van der Waals surface area (Å²) in [5.74, 6) is -0.744. The second kappa shape index (κ2) is 11.8. The summed E-state index contributed by atoms with van der Waals surface area (Å²) in [6, 6.07) is 19.0. The van der Waals surface area contributed by atoms with Crippen LogP contribution in [0.25, 0.3) is 11.1 Å². The molecule has 3 unspecified atom stereocenters. The van der Waals surface area contributed by atoms with Gasteiger partial charge in [0.25, 0.3) is 5.91 Å². The summed E-state index contributed by atoms with van der Waals surface area (Å²) >= 11 is 0. The second-order valence-electron chi connectivity index (χ2n) is 11.0. The van der Waals surface area contributed by atoms with Crippen LogP contribution in [-0.4, -0.2) is 69.5 Å². The van der Waals surface area contributed by atoms with Crippen molar-refractivity contribution in [3.05, 3.63) is 90.3 Å². The molecule has 206 valence electrons. The minimum Gasteiger partial charge on any atom is -0.340 e. The lowest BCUT2D eigenvalue weighted by atomic mass is 10.0. The van der Waals surface area contributed by atoms with Crippen LogP contribution in [0.5, 0.6) is 0 Å². The van der Waals surface area contributed by atoms with Gasteiger partial charge < -0.3 is 15.1 Å². The van der Waals surface area contributed by atoms with E-state index in [9.17, 15) is 19.2 Å². The highest BCUT2D eigenvalue weighted by Crippen LogP contribution is 2.31. The van der Waals surface area contributed by atoms with Crippen molar-refractivity contribution in [3.8, 4) is 11.1 Å². The van der Waals surface area contributed by atoms with E-state index in [-0.39, 0.29) is 48.4 Å². The van der Waals surface area contributed by atoms with E-state index in [4.69, 9.17) is 0 Å². The van der Waals surface area contributed by atoms with Gasteiger partial charge in [-0.25, -0.2) is 0 Å². The summed E-state index contributed by atoms with van der Waals surface area (Å²) in [5, 5.41) is 2.93. The van der Waals surface area contributed by atoms with E-state index in [1.165, 1.54) is 0 Å². The highest BCUT2D eigenvalue weighted by atomic mass is 16.2. The smallest absolute Gasteiger partial charge is 0.251 e. The molecule has 0 saturated carbocycles. The number of ketones is 1. The van der Waals surface area contributed by atoms with Crippen molar-refractivity contribution in [2.75, 3.05) is 13.1 Å². The minimum absolute atomic E-state index is 0.00677. The molecule has 0 radical (unpaired) electrons. The normalized spacial score (nSPS) is 19.0. The molecule has 1 N–H and O–H groups in total. The molecule has 40 heavy (non-hydrogen) atoms. The van der Waals surface area contributed by atoms with E-state index in [2.05, 4.69) is 10.3 Å². The number of likely N-dealkylation sites (tertiary alicyclic amines) is 2. The van der Waals surface area contributed by atoms with E-state index in [0.717, 1.165) is 16.7 Å². The average molecular weight is 539 g/mol. The Balaban J connectivity index is 1.27. The van der Waals surface area contributed by atoms with Gasteiger partial charge in [-0.3, -0.25) is 24.2 Å². The summed E-state index contributed by atoms with van der Waals surface area (Å²) in [6.07, 6.45) is 4.43. The maximum Gasteiger partial charge on any atom is 0.251 e. The monoisotopic (exact) mass is 538 g/mol. The van der Waals surface area contributed by atoms with Crippen LogP contribution >= 0.6 is 0 Å². The Morgan fingerprint density at radius 3 is 2.35 bits per heavy atom. The van der Waals surface area contributed by atoms with E-state index in [1.54, 1.807) is 40.4 Å². The molecule has 8 heteroatoms. The lowest BCUT2D eigenvalue weighted by Gasteiger charge is -2.29. The quantitative estimate of drug-likeness (QED) is 0.473. The van der Waals surface area contributed by atoms with Crippen molar-refractivity contribution in [1.82, 2.24) is 20.1 Å². The SMILES string of the molecule is CC(C)CC(NC(=O)c1ccc(-c2ccccc2)cc1)C(=O)N1CCC2C1C(=O)CN2C(=O)Cc1cccnc1. The Morgan fingerprint density at radius 2 is 1.68 bits per heavy atom. The van der Waals surface area contributed by atoms with Gasteiger partial charge in [-0.05, 0) is 53.6 Å². The number of nitrogens with zero attached hydrogens (tertiary/aromatic N) is 3. The van der Waals surface area contributed by atoms with Crippen LogP contribution in [0.15, 0.2) is 79.1 Å². The second-order valence-corrected chi connectivity index (χ2v) is 11.0. The summed E-state index contributed by atoms with van der Waals surface area (Å²) in [4.78, 5) is 60.4. The molecule has 3 amide bonds. The molecule has 0 spiro atoms. The molecule has 2 aromatic carbocycles. The topological polar surface area (TPSA) is 99.7 Å². The van der Waals surface area contributed by atoms with Gasteiger partial charge in [0.05, 0.1) is 19.0 Å². The van der Waals surface area contributed by atoms with Crippen LogP contribution in [0.4, 0.5) is 0 Å². The fraction of sp³-hybridized carbons (Fsp3) is 0.344. The van der Waals surface area contributed by atoms with Gasteiger partial charge in [0.2, 0.25) is 11.8 Å². The number of hydrogen-bond acceptors (Lipinski definition) is 5. The summed E-state index contributed by atoms with van der Waals surface area (Å²) < 4.78 is 0. The van der Waals surface area contributed by atoms with Crippen molar-refractivity contribution < 1.29 is 19.2 Å². The first-order valence-electron chi connectivity index (χ1n) is 13.8. The Kier molecular flexibility index (Phi) is 8.05. The first-order chi connectivity index (χ1) is 19.3. The summed E-state index contributed by atoms with van der Waals surface area (Å²) in [6.45, 7) is 4.35. The van der Waals surface area contributed by atoms with Crippen LogP contribution in [-0.2, 0) is 20.8 Å². The van der Waals surface area contributed by atoms with Crippen LogP contribution in [0.3, 0.4) is 0 Å². The van der Waals surface area contributed by atoms with Gasteiger partial charge in [0, 0.05) is 24.5 Å². The Bertz CT molecular complexity index is 1380. The van der Waals surface area contributed by atoms with Crippen LogP contribution in [0.1, 0.15) is 42.6 Å². The standard InChI is InChI=1S/C32H34N4O4/c1-21(2)17-26(34-31(39)25-12-10-24(11-13-25)23-8-4-3-5-9-23)32(40)35-16-14-27-30(35)28(37)20-36(27)29(38)18-22-7-6-15-33-19-22/h3-13,15,19,21,26-27,30H,14,16-18,20H2,1-2H3,(H,34,39). The van der Waals surface area contributed by atoms with Gasteiger partial charge in [-0.1, -0.05) is 62.4 Å². The average Bonchev–Trinajstić information content (AvgIpc) is 3.54. The number of fused-ring (bicyclic) bond motifs is 1. The molecular weight excluding hydrogens is 504 g/mol. The number of carbonyl (C=O) groups is 4. The maximum atomic E-state index is 13.8. The van der Waals surface area contributed by atoms with E-state index in [0.29, 0.717) is 24.9 Å². The molecule has 3 atom stereocenters. The molecule has 8 nitrogen and oxygen atoms in total. The molecule has 5 rings (SSSR count). The number of carbonyl (C=O) groups excluding carboxylic acids is 4. The fourth-order valence-electron chi connectivity index (χ4n) is 5.75. The molecule has 2 saturated heterocycles. The third-order valence-electron chi connectivity index (χ3n) is 7.67. The van der Waals surface area contributed by atoms with E-state index >= 15 is 0 Å². The predicted molar refractivity (Wildman–Crippen MR) is 151 cm³/mol. The van der Waals surface area contributed by atoms with Gasteiger partial charge >= 0.3 is 0 Å². The Morgan fingerprint density at radius 1 is 0.950 bits per heavy atom. The number of aromatic nitrogens is 1. The van der Waals surface area contributed by atoms with Crippen molar-refractivity contribution in [2.24, 2.45) is 5.92 Å². The maximum absolute atomic E-state index is 13.8. The van der Waals surface area contributed by atoms with Crippen molar-refractivity contribution in [2.45, 2.75) is 51.2 Å². The third kappa shape index (κ3) is 5.81. The van der Waals surface area contributed by atoms with E-state index in [1.807, 2.05) is 62.4 Å². The summed E-state index contributed by atoms with van der Waals surface area (Å²) in [7, 11) is 0. The first-order valence-corrected chi connectivity index (χ1v) is 13.8. The lowest BCUT2D eigenvalue weighted by molar-refractivity contribution is -0.138.